The van der Waals surface area contributed by atoms with Gasteiger partial charge in [-0.05, 0) is 38.0 Å². The monoisotopic (exact) mass is 600 g/mol. The minimum absolute atomic E-state index is 0. The zero-order valence-electron chi connectivity index (χ0n) is 23.7. The maximum absolute atomic E-state index is 13.2. The second kappa shape index (κ2) is 15.4. The molecule has 1 aromatic carbocycles. The number of rotatable bonds is 15. The fraction of sp³-hybridized carbons (Fsp3) is 0.710. The first-order valence-electron chi connectivity index (χ1n) is 14.6. The molecule has 0 saturated carbocycles. The number of hydrogen-bond acceptors (Lipinski definition) is 2. The highest BCUT2D eigenvalue weighted by Crippen LogP contribution is 2.39. The summed E-state index contributed by atoms with van der Waals surface area (Å²) in [6.45, 7) is 8.29. The number of amidine groups is 1. The summed E-state index contributed by atoms with van der Waals surface area (Å²) in [4.78, 5) is 2.12. The van der Waals surface area contributed by atoms with Crippen LogP contribution in [0, 0.1) is 0 Å². The lowest BCUT2D eigenvalue weighted by molar-refractivity contribution is -0.554. The van der Waals surface area contributed by atoms with Crippen molar-refractivity contribution >= 4 is 5.84 Å². The molecule has 0 aliphatic carbocycles. The van der Waals surface area contributed by atoms with Gasteiger partial charge >= 0.3 is 6.18 Å². The molecule has 0 amide bonds. The van der Waals surface area contributed by atoms with Gasteiger partial charge in [-0.3, -0.25) is 4.58 Å². The third-order valence-electron chi connectivity index (χ3n) is 8.32. The van der Waals surface area contributed by atoms with E-state index in [1.54, 1.807) is 6.07 Å². The second-order valence-electron chi connectivity index (χ2n) is 11.2. The molecule has 2 heterocycles. The normalized spacial score (nSPS) is 19.7. The maximum atomic E-state index is 13.2. The Hall–Kier alpha value is -1.34. The van der Waals surface area contributed by atoms with Crippen LogP contribution in [0.3, 0.4) is 0 Å². The quantitative estimate of drug-likeness (QED) is 0.214. The fourth-order valence-corrected chi connectivity index (χ4v) is 6.03. The molecule has 0 spiro atoms. The molecule has 7 heteroatoms. The molecule has 2 aliphatic rings. The van der Waals surface area contributed by atoms with Crippen LogP contribution in [0.5, 0.6) is 0 Å². The Morgan fingerprint density at radius 2 is 1.50 bits per heavy atom. The topological polar surface area (TPSA) is 26.5 Å². The highest BCUT2D eigenvalue weighted by Gasteiger charge is 2.53. The summed E-state index contributed by atoms with van der Waals surface area (Å²) in [6.07, 6.45) is 12.6. The Balaban J connectivity index is 0.00000507. The molecule has 1 atom stereocenters. The number of nitrogens with zero attached hydrogens (tertiary/aromatic N) is 2. The average Bonchev–Trinajstić information content (AvgIpc) is 3.06. The number of aliphatic hydroxyl groups is 1. The van der Waals surface area contributed by atoms with Crippen molar-refractivity contribution in [1.82, 2.24) is 4.90 Å². The third-order valence-corrected chi connectivity index (χ3v) is 8.32. The van der Waals surface area contributed by atoms with Crippen LogP contribution in [0.4, 0.5) is 13.2 Å². The molecule has 38 heavy (non-hydrogen) atoms. The molecule has 3 rings (SSSR count). The van der Waals surface area contributed by atoms with E-state index in [0.717, 1.165) is 55.4 Å². The van der Waals surface area contributed by atoms with Crippen LogP contribution in [0.15, 0.2) is 35.4 Å². The van der Waals surface area contributed by atoms with Gasteiger partial charge in [-0.25, -0.2) is 4.90 Å². The Morgan fingerprint density at radius 3 is 2.08 bits per heavy atom. The third kappa shape index (κ3) is 8.58. The number of unbranched alkanes of at least 4 members (excludes halogenated alkanes) is 11. The molecule has 1 N–H and O–H groups in total. The average molecular weight is 602 g/mol. The summed E-state index contributed by atoms with van der Waals surface area (Å²) in [5.41, 5.74) is 1.10. The lowest BCUT2D eigenvalue weighted by atomic mass is 9.96. The van der Waals surface area contributed by atoms with E-state index in [2.05, 4.69) is 16.4 Å². The van der Waals surface area contributed by atoms with Gasteiger partial charge in [0, 0.05) is 24.0 Å². The SMILES string of the molecule is CCCCCCCCCCCCCCC1(O)C(C)=C(C)C2=[N+](Cc3cccc(C(F)(F)F)c3)CCCN21.[Br-]. The molecule has 0 saturated heterocycles. The standard InChI is InChI=1S/C31H48F3N2O.BrH/c1-4-5-6-7-8-9-10-11-12-13-14-15-20-30(37)26(3)25(2)29-35(21-17-22-36(29)30)24-27-18-16-19-28(23-27)31(32,33)34;/h16,18-19,23,37H,4-15,17,20-22,24H2,1-3H3;1H/q+1;/p-1. The summed E-state index contributed by atoms with van der Waals surface area (Å²) >= 11 is 0. The van der Waals surface area contributed by atoms with Crippen molar-refractivity contribution in [2.24, 2.45) is 0 Å². The van der Waals surface area contributed by atoms with Crippen LogP contribution in [0.2, 0.25) is 0 Å². The van der Waals surface area contributed by atoms with Crippen molar-refractivity contribution < 1.29 is 39.8 Å². The first kappa shape index (κ1) is 32.9. The number of alkyl halides is 3. The van der Waals surface area contributed by atoms with E-state index in [-0.39, 0.29) is 17.0 Å². The molecular weight excluding hydrogens is 553 g/mol. The molecule has 0 aromatic heterocycles. The lowest BCUT2D eigenvalue weighted by Crippen LogP contribution is -3.00. The minimum Gasteiger partial charge on any atom is -1.00 e. The van der Waals surface area contributed by atoms with E-state index in [1.807, 2.05) is 13.8 Å². The molecule has 216 valence electrons. The van der Waals surface area contributed by atoms with E-state index >= 15 is 0 Å². The molecule has 0 fully saturated rings. The Morgan fingerprint density at radius 1 is 0.921 bits per heavy atom. The maximum Gasteiger partial charge on any atom is 0.416 e. The molecule has 1 aromatic rings. The van der Waals surface area contributed by atoms with Gasteiger partial charge in [-0.15, -0.1) is 0 Å². The largest absolute Gasteiger partial charge is 1.00 e. The van der Waals surface area contributed by atoms with Crippen LogP contribution in [-0.2, 0) is 12.7 Å². The highest BCUT2D eigenvalue weighted by molar-refractivity contribution is 5.98. The highest BCUT2D eigenvalue weighted by atomic mass is 79.9. The van der Waals surface area contributed by atoms with Gasteiger partial charge in [0.05, 0.1) is 18.7 Å². The fourth-order valence-electron chi connectivity index (χ4n) is 6.03. The minimum atomic E-state index is -4.34. The molecule has 0 bridgehead atoms. The van der Waals surface area contributed by atoms with Gasteiger partial charge in [-0.1, -0.05) is 89.7 Å². The summed E-state index contributed by atoms with van der Waals surface area (Å²) < 4.78 is 41.8. The van der Waals surface area contributed by atoms with Crippen molar-refractivity contribution in [1.29, 1.82) is 0 Å². The van der Waals surface area contributed by atoms with E-state index in [4.69, 9.17) is 0 Å². The molecule has 0 radical (unpaired) electrons. The van der Waals surface area contributed by atoms with E-state index in [1.165, 1.54) is 76.3 Å². The van der Waals surface area contributed by atoms with Gasteiger partial charge < -0.3 is 22.1 Å². The number of benzene rings is 1. The predicted molar refractivity (Wildman–Crippen MR) is 146 cm³/mol. The zero-order chi connectivity index (χ0) is 26.9. The predicted octanol–water partition coefficient (Wildman–Crippen LogP) is 5.46. The van der Waals surface area contributed by atoms with Gasteiger partial charge in [0.2, 0.25) is 5.72 Å². The molecule has 1 unspecified atom stereocenters. The smallest absolute Gasteiger partial charge is 0.416 e. The van der Waals surface area contributed by atoms with Crippen molar-refractivity contribution in [2.75, 3.05) is 13.1 Å². The Kier molecular flexibility index (Phi) is 13.4. The van der Waals surface area contributed by atoms with Gasteiger partial charge in [-0.2, -0.15) is 13.2 Å². The van der Waals surface area contributed by atoms with Crippen LogP contribution in [0.1, 0.15) is 122 Å². The summed E-state index contributed by atoms with van der Waals surface area (Å²) in [5.74, 6) is 0.989. The van der Waals surface area contributed by atoms with Crippen LogP contribution >= 0.6 is 0 Å². The number of halogens is 4. The Bertz CT molecular complexity index is 943. The number of hydrogen-bond donors (Lipinski definition) is 1. The van der Waals surface area contributed by atoms with Crippen LogP contribution < -0.4 is 17.0 Å². The number of fused-ring (bicyclic) bond motifs is 1. The second-order valence-corrected chi connectivity index (χ2v) is 11.2. The van der Waals surface area contributed by atoms with E-state index in [0.29, 0.717) is 18.5 Å². The van der Waals surface area contributed by atoms with E-state index < -0.39 is 17.5 Å². The molecule has 3 nitrogen and oxygen atoms in total. The van der Waals surface area contributed by atoms with Gasteiger partial charge in [0.1, 0.15) is 6.54 Å². The first-order chi connectivity index (χ1) is 17.7. The first-order valence-corrected chi connectivity index (χ1v) is 14.6. The van der Waals surface area contributed by atoms with Gasteiger partial charge in [0.25, 0.3) is 5.84 Å². The van der Waals surface area contributed by atoms with Crippen LogP contribution in [0.25, 0.3) is 0 Å². The summed E-state index contributed by atoms with van der Waals surface area (Å²) in [6, 6.07) is 5.61. The van der Waals surface area contributed by atoms with E-state index in [9.17, 15) is 18.3 Å². The van der Waals surface area contributed by atoms with Crippen molar-refractivity contribution in [3.63, 3.8) is 0 Å². The van der Waals surface area contributed by atoms with Crippen LogP contribution in [-0.4, -0.2) is 39.2 Å². The summed E-state index contributed by atoms with van der Waals surface area (Å²) in [5, 5.41) is 11.8. The van der Waals surface area contributed by atoms with Crippen molar-refractivity contribution in [3.05, 3.63) is 46.5 Å². The Labute approximate surface area is 239 Å². The lowest BCUT2D eigenvalue weighted by Gasteiger charge is -2.34. The van der Waals surface area contributed by atoms with Gasteiger partial charge in [0.15, 0.2) is 0 Å². The molecular formula is C31H48BrF3N2O. The molecule has 2 aliphatic heterocycles. The summed E-state index contributed by atoms with van der Waals surface area (Å²) in [7, 11) is 0. The van der Waals surface area contributed by atoms with Crippen molar-refractivity contribution in [3.8, 4) is 0 Å². The zero-order valence-corrected chi connectivity index (χ0v) is 25.3. The van der Waals surface area contributed by atoms with Crippen molar-refractivity contribution in [2.45, 2.75) is 129 Å².